The van der Waals surface area contributed by atoms with Crippen molar-refractivity contribution in [3.8, 4) is 0 Å². The van der Waals surface area contributed by atoms with E-state index >= 15 is 0 Å². The highest BCUT2D eigenvalue weighted by molar-refractivity contribution is 6.03. The topological polar surface area (TPSA) is 87.7 Å². The van der Waals surface area contributed by atoms with E-state index in [1.165, 1.54) is 11.4 Å². The number of ether oxygens (including phenoxy) is 1. The van der Waals surface area contributed by atoms with E-state index in [1.54, 1.807) is 0 Å². The van der Waals surface area contributed by atoms with Crippen molar-refractivity contribution in [2.45, 2.75) is 37.8 Å². The standard InChI is InChI=1S/C17H16F6N2O4/c1-2-3-6-29-14(27)9-4-5-11-12(7-9)25-15(28,17(21,22)23)10(8-24-11)13(26)16(18,19)20/h4-5,7-8,24-25,28H,2-3,6H2,1H3. The third kappa shape index (κ3) is 4.63. The molecular formula is C17H16F6N2O4. The summed E-state index contributed by atoms with van der Waals surface area (Å²) in [5.41, 5.74) is -7.33. The number of esters is 1. The number of fused-ring (bicyclic) bond motifs is 1. The normalized spacial score (nSPS) is 19.2. The second-order valence-corrected chi connectivity index (χ2v) is 6.11. The number of hydrogen-bond acceptors (Lipinski definition) is 6. The number of alkyl halides is 6. The molecule has 0 amide bonds. The molecule has 2 rings (SSSR count). The number of hydrogen-bond donors (Lipinski definition) is 3. The van der Waals surface area contributed by atoms with E-state index in [2.05, 4.69) is 5.32 Å². The van der Waals surface area contributed by atoms with Crippen molar-refractivity contribution in [2.24, 2.45) is 0 Å². The summed E-state index contributed by atoms with van der Waals surface area (Å²) in [5, 5.41) is 13.7. The van der Waals surface area contributed by atoms with Crippen LogP contribution in [0.25, 0.3) is 0 Å². The zero-order valence-corrected chi connectivity index (χ0v) is 14.9. The van der Waals surface area contributed by atoms with Gasteiger partial charge in [-0.05, 0) is 24.6 Å². The van der Waals surface area contributed by atoms with Gasteiger partial charge in [0, 0.05) is 6.20 Å². The Balaban J connectivity index is 2.46. The number of benzene rings is 1. The van der Waals surface area contributed by atoms with Crippen LogP contribution in [-0.4, -0.2) is 41.5 Å². The number of carbonyl (C=O) groups is 2. The van der Waals surface area contributed by atoms with Gasteiger partial charge in [0.25, 0.3) is 11.5 Å². The van der Waals surface area contributed by atoms with Crippen molar-refractivity contribution < 1.29 is 45.8 Å². The molecule has 0 saturated heterocycles. The lowest BCUT2D eigenvalue weighted by Crippen LogP contribution is -2.56. The molecule has 1 aliphatic heterocycles. The SMILES string of the molecule is CCCCOC(=O)c1ccc2c(c1)NC(O)(C(F)(F)F)C(C(=O)C(F)(F)F)=CN2. The van der Waals surface area contributed by atoms with Crippen LogP contribution in [0.5, 0.6) is 0 Å². The van der Waals surface area contributed by atoms with Crippen LogP contribution in [0.2, 0.25) is 0 Å². The number of aliphatic hydroxyl groups is 1. The molecule has 6 nitrogen and oxygen atoms in total. The Bertz CT molecular complexity index is 834. The van der Waals surface area contributed by atoms with E-state index in [0.717, 1.165) is 18.6 Å². The van der Waals surface area contributed by atoms with Gasteiger partial charge in [0.15, 0.2) is 0 Å². The molecule has 12 heteroatoms. The van der Waals surface area contributed by atoms with E-state index in [1.807, 2.05) is 6.92 Å². The van der Waals surface area contributed by atoms with Gasteiger partial charge in [0.1, 0.15) is 0 Å². The zero-order chi connectivity index (χ0) is 22.0. The number of unbranched alkanes of at least 4 members (excludes halogenated alkanes) is 1. The molecule has 1 atom stereocenters. The number of anilines is 2. The lowest BCUT2D eigenvalue weighted by molar-refractivity contribution is -0.235. The molecule has 0 saturated carbocycles. The average molecular weight is 426 g/mol. The van der Waals surface area contributed by atoms with Crippen molar-refractivity contribution >= 4 is 23.1 Å². The van der Waals surface area contributed by atoms with Gasteiger partial charge in [0.05, 0.1) is 29.1 Å². The number of Topliss-reactive ketones (excluding diaryl/α,β-unsaturated/α-hetero) is 1. The Morgan fingerprint density at radius 2 is 1.79 bits per heavy atom. The molecular weight excluding hydrogens is 410 g/mol. The average Bonchev–Trinajstić information content (AvgIpc) is 2.76. The molecule has 0 radical (unpaired) electrons. The predicted octanol–water partition coefficient (Wildman–Crippen LogP) is 3.75. The Morgan fingerprint density at radius 3 is 2.34 bits per heavy atom. The van der Waals surface area contributed by atoms with E-state index in [4.69, 9.17) is 4.74 Å². The fourth-order valence-corrected chi connectivity index (χ4v) is 2.42. The second-order valence-electron chi connectivity index (χ2n) is 6.11. The predicted molar refractivity (Wildman–Crippen MR) is 89.0 cm³/mol. The number of halogens is 6. The highest BCUT2D eigenvalue weighted by Crippen LogP contribution is 2.43. The minimum absolute atomic E-state index is 0.0658. The van der Waals surface area contributed by atoms with Gasteiger partial charge in [-0.15, -0.1) is 0 Å². The molecule has 3 N–H and O–H groups in total. The quantitative estimate of drug-likeness (QED) is 0.378. The summed E-state index contributed by atoms with van der Waals surface area (Å²) in [6, 6.07) is 3.12. The Labute approximate surface area is 160 Å². The van der Waals surface area contributed by atoms with Gasteiger partial charge >= 0.3 is 18.3 Å². The van der Waals surface area contributed by atoms with Gasteiger partial charge in [0.2, 0.25) is 0 Å². The summed E-state index contributed by atoms with van der Waals surface area (Å²) in [6.07, 6.45) is -9.97. The smallest absolute Gasteiger partial charge is 0.454 e. The van der Waals surface area contributed by atoms with E-state index in [0.29, 0.717) is 6.42 Å². The van der Waals surface area contributed by atoms with Crippen molar-refractivity contribution in [1.82, 2.24) is 0 Å². The summed E-state index contributed by atoms with van der Waals surface area (Å²) in [6.45, 7) is 1.91. The maximum Gasteiger partial charge on any atom is 0.454 e. The Morgan fingerprint density at radius 1 is 1.14 bits per heavy atom. The first-order valence-electron chi connectivity index (χ1n) is 8.28. The Kier molecular flexibility index (Phi) is 6.16. The van der Waals surface area contributed by atoms with Crippen molar-refractivity contribution in [3.63, 3.8) is 0 Å². The number of ketones is 1. The number of nitrogens with one attached hydrogen (secondary N) is 2. The van der Waals surface area contributed by atoms with Crippen LogP contribution >= 0.6 is 0 Å². The number of rotatable bonds is 5. The molecule has 0 spiro atoms. The monoisotopic (exact) mass is 426 g/mol. The molecule has 1 aromatic rings. The third-order valence-corrected chi connectivity index (χ3v) is 3.98. The van der Waals surface area contributed by atoms with Crippen LogP contribution < -0.4 is 10.6 Å². The van der Waals surface area contributed by atoms with Crippen molar-refractivity contribution in [1.29, 1.82) is 0 Å². The lowest BCUT2D eigenvalue weighted by Gasteiger charge is -2.32. The number of carbonyl (C=O) groups excluding carboxylic acids is 2. The first-order valence-corrected chi connectivity index (χ1v) is 8.28. The first-order chi connectivity index (χ1) is 13.3. The fourth-order valence-electron chi connectivity index (χ4n) is 2.42. The van der Waals surface area contributed by atoms with E-state index < -0.39 is 41.1 Å². The third-order valence-electron chi connectivity index (χ3n) is 3.98. The summed E-state index contributed by atoms with van der Waals surface area (Å²) in [5.74, 6) is -3.76. The van der Waals surface area contributed by atoms with Gasteiger partial charge in [-0.3, -0.25) is 4.79 Å². The van der Waals surface area contributed by atoms with Gasteiger partial charge in [-0.2, -0.15) is 26.3 Å². The highest BCUT2D eigenvalue weighted by Gasteiger charge is 2.62. The molecule has 1 heterocycles. The van der Waals surface area contributed by atoms with Crippen LogP contribution in [0.3, 0.4) is 0 Å². The van der Waals surface area contributed by atoms with Crippen LogP contribution in [0.1, 0.15) is 30.1 Å². The van der Waals surface area contributed by atoms with Crippen LogP contribution in [0.4, 0.5) is 37.7 Å². The molecule has 160 valence electrons. The largest absolute Gasteiger partial charge is 0.462 e. The van der Waals surface area contributed by atoms with E-state index in [-0.39, 0.29) is 24.1 Å². The van der Waals surface area contributed by atoms with Gasteiger partial charge < -0.3 is 20.5 Å². The first kappa shape index (κ1) is 22.5. The van der Waals surface area contributed by atoms with Crippen molar-refractivity contribution in [3.05, 3.63) is 35.5 Å². The summed E-state index contributed by atoms with van der Waals surface area (Å²) in [7, 11) is 0. The zero-order valence-electron chi connectivity index (χ0n) is 14.9. The van der Waals surface area contributed by atoms with Crippen LogP contribution in [0.15, 0.2) is 30.0 Å². The minimum Gasteiger partial charge on any atom is -0.462 e. The molecule has 29 heavy (non-hydrogen) atoms. The molecule has 0 fully saturated rings. The molecule has 1 aromatic carbocycles. The molecule has 1 aliphatic rings. The fraction of sp³-hybridized carbons (Fsp3) is 0.412. The maximum atomic E-state index is 13.5. The lowest BCUT2D eigenvalue weighted by atomic mass is 9.98. The Hall–Kier alpha value is -2.76. The molecule has 1 unspecified atom stereocenters. The van der Waals surface area contributed by atoms with Gasteiger partial charge in [-0.25, -0.2) is 4.79 Å². The molecule has 0 aromatic heterocycles. The van der Waals surface area contributed by atoms with Crippen molar-refractivity contribution in [2.75, 3.05) is 17.2 Å². The summed E-state index contributed by atoms with van der Waals surface area (Å²) < 4.78 is 83.6. The van der Waals surface area contributed by atoms with E-state index in [9.17, 15) is 41.0 Å². The molecule has 0 aliphatic carbocycles. The highest BCUT2D eigenvalue weighted by atomic mass is 19.4. The maximum absolute atomic E-state index is 13.5. The second kappa shape index (κ2) is 7.93. The molecule has 0 bridgehead atoms. The van der Waals surface area contributed by atoms with Gasteiger partial charge in [-0.1, -0.05) is 13.3 Å². The van der Waals surface area contributed by atoms with Crippen LogP contribution in [0, 0.1) is 0 Å². The summed E-state index contributed by atoms with van der Waals surface area (Å²) in [4.78, 5) is 23.5. The minimum atomic E-state index is -5.71. The summed E-state index contributed by atoms with van der Waals surface area (Å²) >= 11 is 0. The van der Waals surface area contributed by atoms with Crippen LogP contribution in [-0.2, 0) is 9.53 Å².